The molecular formula is C44H27NO. The number of nitrogens with zero attached hydrogens (tertiary/aromatic N) is 1. The quantitative estimate of drug-likeness (QED) is 0.202. The Morgan fingerprint density at radius 2 is 1.07 bits per heavy atom. The Kier molecular flexibility index (Phi) is 5.31. The van der Waals surface area contributed by atoms with Gasteiger partial charge < -0.3 is 8.98 Å². The molecule has 0 saturated heterocycles. The molecule has 0 aliphatic carbocycles. The van der Waals surface area contributed by atoms with Gasteiger partial charge in [-0.1, -0.05) is 121 Å². The summed E-state index contributed by atoms with van der Waals surface area (Å²) in [6.07, 6.45) is 0. The number of rotatable bonds is 3. The second-order valence-electron chi connectivity index (χ2n) is 12.1. The van der Waals surface area contributed by atoms with Gasteiger partial charge in [0, 0.05) is 27.2 Å². The maximum Gasteiger partial charge on any atom is 0.136 e. The third-order valence-electron chi connectivity index (χ3n) is 9.56. The van der Waals surface area contributed by atoms with Crippen LogP contribution in [0.1, 0.15) is 0 Å². The first-order chi connectivity index (χ1) is 22.8. The van der Waals surface area contributed by atoms with Crippen LogP contribution in [0.25, 0.3) is 93.2 Å². The summed E-state index contributed by atoms with van der Waals surface area (Å²) in [5.74, 6) is 0. The fraction of sp³-hybridized carbons (Fsp3) is 0. The van der Waals surface area contributed by atoms with Gasteiger partial charge in [-0.25, -0.2) is 0 Å². The topological polar surface area (TPSA) is 18.1 Å². The smallest absolute Gasteiger partial charge is 0.136 e. The van der Waals surface area contributed by atoms with Crippen molar-refractivity contribution >= 4 is 65.3 Å². The van der Waals surface area contributed by atoms with Gasteiger partial charge in [0.25, 0.3) is 0 Å². The Morgan fingerprint density at radius 3 is 1.89 bits per heavy atom. The molecule has 0 aliphatic rings. The first-order valence-corrected chi connectivity index (χ1v) is 15.8. The summed E-state index contributed by atoms with van der Waals surface area (Å²) in [5.41, 5.74) is 10.2. The van der Waals surface area contributed by atoms with E-state index < -0.39 is 0 Å². The minimum absolute atomic E-state index is 0.901. The number of hydrogen-bond acceptors (Lipinski definition) is 1. The van der Waals surface area contributed by atoms with Gasteiger partial charge in [-0.3, -0.25) is 0 Å². The summed E-state index contributed by atoms with van der Waals surface area (Å²) in [6.45, 7) is 0. The zero-order valence-electron chi connectivity index (χ0n) is 24.9. The Labute approximate surface area is 265 Å². The fourth-order valence-electron chi connectivity index (χ4n) is 7.50. The average Bonchev–Trinajstić information content (AvgIpc) is 3.67. The highest BCUT2D eigenvalue weighted by Gasteiger charge is 2.20. The molecule has 0 atom stereocenters. The van der Waals surface area contributed by atoms with Gasteiger partial charge in [0.1, 0.15) is 11.2 Å². The molecule has 0 bridgehead atoms. The molecule has 2 aromatic heterocycles. The van der Waals surface area contributed by atoms with E-state index in [1.165, 1.54) is 65.6 Å². The summed E-state index contributed by atoms with van der Waals surface area (Å²) in [5, 5.41) is 9.75. The normalized spacial score (nSPS) is 11.9. The zero-order chi connectivity index (χ0) is 30.2. The second-order valence-corrected chi connectivity index (χ2v) is 12.1. The number of fused-ring (bicyclic) bond motifs is 10. The highest BCUT2D eigenvalue weighted by molar-refractivity contribution is 6.25. The Bertz CT molecular complexity index is 2790. The molecule has 10 rings (SSSR count). The van der Waals surface area contributed by atoms with Crippen molar-refractivity contribution in [2.75, 3.05) is 0 Å². The van der Waals surface area contributed by atoms with Crippen molar-refractivity contribution in [3.63, 3.8) is 0 Å². The highest BCUT2D eigenvalue weighted by Crippen LogP contribution is 2.43. The molecule has 2 heteroatoms. The van der Waals surface area contributed by atoms with E-state index >= 15 is 0 Å². The van der Waals surface area contributed by atoms with Crippen molar-refractivity contribution in [1.29, 1.82) is 0 Å². The monoisotopic (exact) mass is 585 g/mol. The average molecular weight is 586 g/mol. The molecule has 46 heavy (non-hydrogen) atoms. The minimum atomic E-state index is 0.901. The van der Waals surface area contributed by atoms with Crippen LogP contribution < -0.4 is 0 Å². The summed E-state index contributed by atoms with van der Waals surface area (Å²) < 4.78 is 8.84. The van der Waals surface area contributed by atoms with Crippen molar-refractivity contribution in [2.24, 2.45) is 0 Å². The molecule has 0 amide bonds. The van der Waals surface area contributed by atoms with Crippen molar-refractivity contribution in [2.45, 2.75) is 0 Å². The van der Waals surface area contributed by atoms with Gasteiger partial charge in [0.2, 0.25) is 0 Å². The summed E-state index contributed by atoms with van der Waals surface area (Å²) in [6, 6.07) is 59.1. The van der Waals surface area contributed by atoms with E-state index in [9.17, 15) is 0 Å². The van der Waals surface area contributed by atoms with E-state index in [1.54, 1.807) is 0 Å². The van der Waals surface area contributed by atoms with E-state index in [1.807, 2.05) is 0 Å². The molecule has 10 aromatic rings. The number of hydrogen-bond donors (Lipinski definition) is 0. The van der Waals surface area contributed by atoms with Crippen LogP contribution in [0.2, 0.25) is 0 Å². The lowest BCUT2D eigenvalue weighted by Crippen LogP contribution is -1.94. The first-order valence-electron chi connectivity index (χ1n) is 15.8. The SMILES string of the molecule is c1ccc(-c2ccc3c(c2)c2c4ccccc4c(-c4ccccc4)cc2n3-c2ccc3oc4ccc5ccccc5c4c3c2)cc1. The molecule has 2 nitrogen and oxygen atoms in total. The van der Waals surface area contributed by atoms with Crippen LogP contribution in [0.3, 0.4) is 0 Å². The van der Waals surface area contributed by atoms with Crippen molar-refractivity contribution < 1.29 is 4.42 Å². The van der Waals surface area contributed by atoms with E-state index in [2.05, 4.69) is 168 Å². The van der Waals surface area contributed by atoms with Gasteiger partial charge in [-0.15, -0.1) is 0 Å². The van der Waals surface area contributed by atoms with Crippen LogP contribution in [0.15, 0.2) is 168 Å². The Balaban J connectivity index is 1.35. The second kappa shape index (κ2) is 9.69. The van der Waals surface area contributed by atoms with Crippen LogP contribution in [-0.2, 0) is 0 Å². The van der Waals surface area contributed by atoms with Gasteiger partial charge in [-0.2, -0.15) is 0 Å². The lowest BCUT2D eigenvalue weighted by atomic mass is 9.94. The molecule has 0 aliphatic heterocycles. The first kappa shape index (κ1) is 25.2. The zero-order valence-corrected chi connectivity index (χ0v) is 24.9. The maximum absolute atomic E-state index is 6.40. The number of aromatic nitrogens is 1. The van der Waals surface area contributed by atoms with Crippen LogP contribution in [0.5, 0.6) is 0 Å². The minimum Gasteiger partial charge on any atom is -0.456 e. The predicted octanol–water partition coefficient (Wildman–Crippen LogP) is 12.3. The van der Waals surface area contributed by atoms with Crippen LogP contribution in [0, 0.1) is 0 Å². The van der Waals surface area contributed by atoms with E-state index in [0.717, 1.165) is 27.6 Å². The molecule has 0 radical (unpaired) electrons. The van der Waals surface area contributed by atoms with Crippen LogP contribution in [-0.4, -0.2) is 4.57 Å². The molecule has 0 saturated carbocycles. The molecule has 0 N–H and O–H groups in total. The van der Waals surface area contributed by atoms with Crippen molar-refractivity contribution in [3.05, 3.63) is 164 Å². The van der Waals surface area contributed by atoms with Crippen molar-refractivity contribution in [3.8, 4) is 27.9 Å². The maximum atomic E-state index is 6.40. The molecule has 214 valence electrons. The van der Waals surface area contributed by atoms with Crippen LogP contribution >= 0.6 is 0 Å². The van der Waals surface area contributed by atoms with E-state index in [-0.39, 0.29) is 0 Å². The third kappa shape index (κ3) is 3.65. The van der Waals surface area contributed by atoms with Gasteiger partial charge >= 0.3 is 0 Å². The molecule has 0 spiro atoms. The molecule has 8 aromatic carbocycles. The van der Waals surface area contributed by atoms with Crippen LogP contribution in [0.4, 0.5) is 0 Å². The van der Waals surface area contributed by atoms with Gasteiger partial charge in [0.05, 0.1) is 11.0 Å². The summed E-state index contributed by atoms with van der Waals surface area (Å²) in [7, 11) is 0. The predicted molar refractivity (Wildman–Crippen MR) is 194 cm³/mol. The Morgan fingerprint density at radius 1 is 0.370 bits per heavy atom. The number of benzene rings is 8. The van der Waals surface area contributed by atoms with Gasteiger partial charge in [0.15, 0.2) is 0 Å². The molecule has 0 unspecified atom stereocenters. The third-order valence-corrected chi connectivity index (χ3v) is 9.56. The summed E-state index contributed by atoms with van der Waals surface area (Å²) in [4.78, 5) is 0. The Hall–Kier alpha value is -6.12. The van der Waals surface area contributed by atoms with Gasteiger partial charge in [-0.05, 0) is 86.3 Å². The molecule has 0 fully saturated rings. The lowest BCUT2D eigenvalue weighted by molar-refractivity contribution is 0.669. The van der Waals surface area contributed by atoms with E-state index in [0.29, 0.717) is 0 Å². The number of furan rings is 1. The van der Waals surface area contributed by atoms with Crippen molar-refractivity contribution in [1.82, 2.24) is 4.57 Å². The molecular weight excluding hydrogens is 558 g/mol. The standard InChI is InChI=1S/C44H27NO/c1-3-11-28(12-4-1)31-19-22-39-37(25-31)43-35-18-10-9-17-34(35)36(29-13-5-2-6-14-29)27-40(43)45(39)32-21-24-41-38(26-32)44-33-16-8-7-15-30(33)20-23-42(44)46-41/h1-27H. The molecule has 2 heterocycles. The lowest BCUT2D eigenvalue weighted by Gasteiger charge is -2.12. The van der Waals surface area contributed by atoms with E-state index in [4.69, 9.17) is 4.42 Å². The highest BCUT2D eigenvalue weighted by atomic mass is 16.3. The fourth-order valence-corrected chi connectivity index (χ4v) is 7.50. The summed E-state index contributed by atoms with van der Waals surface area (Å²) >= 11 is 0. The largest absolute Gasteiger partial charge is 0.456 e.